The van der Waals surface area contributed by atoms with Gasteiger partial charge in [-0.1, -0.05) is 6.07 Å². The topological polar surface area (TPSA) is 60.4 Å². The Labute approximate surface area is 96.2 Å². The summed E-state index contributed by atoms with van der Waals surface area (Å²) < 4.78 is 26.0. The molecule has 0 saturated heterocycles. The summed E-state index contributed by atoms with van der Waals surface area (Å²) >= 11 is 0. The van der Waals surface area contributed by atoms with Crippen LogP contribution in [0.2, 0.25) is 0 Å². The van der Waals surface area contributed by atoms with E-state index in [9.17, 15) is 13.2 Å². The molecular weight excluding hydrogens is 228 g/mol. The van der Waals surface area contributed by atoms with Crippen molar-refractivity contribution in [1.82, 2.24) is 0 Å². The molecule has 0 amide bonds. The number of methoxy groups -OCH3 is 1. The van der Waals surface area contributed by atoms with E-state index in [2.05, 4.69) is 4.74 Å². The minimum atomic E-state index is -2.49. The first-order chi connectivity index (χ1) is 7.45. The highest BCUT2D eigenvalue weighted by molar-refractivity contribution is 7.71. The van der Waals surface area contributed by atoms with E-state index in [1.807, 2.05) is 6.92 Å². The van der Waals surface area contributed by atoms with Crippen LogP contribution in [0.25, 0.3) is 0 Å². The highest BCUT2D eigenvalue weighted by Crippen LogP contribution is 2.17. The molecule has 0 radical (unpaired) electrons. The maximum Gasteiger partial charge on any atom is 0.338 e. The number of carbonyl (C=O) groups is 1. The number of benzene rings is 1. The Bertz CT molecular complexity index is 481. The summed E-state index contributed by atoms with van der Waals surface area (Å²) in [6.07, 6.45) is 0. The van der Waals surface area contributed by atoms with Gasteiger partial charge in [0.25, 0.3) is 0 Å². The number of thiol groups is 1. The van der Waals surface area contributed by atoms with Gasteiger partial charge in [-0.2, -0.15) is 0 Å². The van der Waals surface area contributed by atoms with Gasteiger partial charge in [0.2, 0.25) is 0 Å². The number of carbonyl (C=O) groups excluding carboxylic acids is 1. The van der Waals surface area contributed by atoms with Gasteiger partial charge in [0.05, 0.1) is 18.4 Å². The van der Waals surface area contributed by atoms with Gasteiger partial charge in [0.15, 0.2) is 0 Å². The normalized spacial score (nSPS) is 10.5. The third-order valence-electron chi connectivity index (χ3n) is 2.39. The summed E-state index contributed by atoms with van der Waals surface area (Å²) in [4.78, 5) is 11.4. The minimum absolute atomic E-state index is 0.0502. The number of esters is 1. The van der Waals surface area contributed by atoms with E-state index in [1.54, 1.807) is 19.1 Å². The Hall–Kier alpha value is -1.36. The van der Waals surface area contributed by atoms with Crippen molar-refractivity contribution in [3.05, 3.63) is 34.4 Å². The zero-order chi connectivity index (χ0) is 12.3. The van der Waals surface area contributed by atoms with Crippen LogP contribution in [-0.4, -0.2) is 21.5 Å². The fourth-order valence-electron chi connectivity index (χ4n) is 1.54. The SMILES string of the molecule is COC(=O)c1cc(C[SH](=O)=O)c(C)cc1C. The zero-order valence-electron chi connectivity index (χ0n) is 9.44. The Balaban J connectivity index is 3.26. The van der Waals surface area contributed by atoms with Crippen LogP contribution in [0, 0.1) is 13.8 Å². The first kappa shape index (κ1) is 12.7. The van der Waals surface area contributed by atoms with Crippen molar-refractivity contribution in [3.8, 4) is 0 Å². The van der Waals surface area contributed by atoms with Crippen LogP contribution in [0.15, 0.2) is 12.1 Å². The summed E-state index contributed by atoms with van der Waals surface area (Å²) in [6.45, 7) is 3.61. The molecule has 0 unspecified atom stereocenters. The molecule has 5 heteroatoms. The molecule has 1 aromatic rings. The van der Waals surface area contributed by atoms with Gasteiger partial charge in [-0.15, -0.1) is 0 Å². The molecule has 0 aliphatic carbocycles. The Morgan fingerprint density at radius 2 is 1.88 bits per heavy atom. The molecule has 1 aromatic carbocycles. The van der Waals surface area contributed by atoms with Crippen molar-refractivity contribution in [2.24, 2.45) is 0 Å². The van der Waals surface area contributed by atoms with Crippen molar-refractivity contribution < 1.29 is 17.9 Å². The van der Waals surface area contributed by atoms with Crippen molar-refractivity contribution in [2.75, 3.05) is 7.11 Å². The maximum atomic E-state index is 11.4. The lowest BCUT2D eigenvalue weighted by Crippen LogP contribution is -2.06. The molecule has 0 aliphatic rings. The highest BCUT2D eigenvalue weighted by atomic mass is 32.2. The second-order valence-electron chi connectivity index (χ2n) is 3.58. The van der Waals surface area contributed by atoms with E-state index in [0.717, 1.165) is 11.1 Å². The van der Waals surface area contributed by atoms with Crippen LogP contribution < -0.4 is 0 Å². The lowest BCUT2D eigenvalue weighted by Gasteiger charge is -2.08. The predicted molar refractivity (Wildman–Crippen MR) is 61.3 cm³/mol. The van der Waals surface area contributed by atoms with Gasteiger partial charge >= 0.3 is 5.97 Å². The summed E-state index contributed by atoms with van der Waals surface area (Å²) in [5, 5.41) is 0. The third-order valence-corrected chi connectivity index (χ3v) is 2.99. The molecule has 0 bridgehead atoms. The first-order valence-corrected chi connectivity index (χ1v) is 6.12. The molecule has 0 saturated carbocycles. The average molecular weight is 242 g/mol. The molecular formula is C11H14O4S. The van der Waals surface area contributed by atoms with E-state index in [4.69, 9.17) is 0 Å². The van der Waals surface area contributed by atoms with E-state index < -0.39 is 16.7 Å². The molecule has 0 heterocycles. The fraction of sp³-hybridized carbons (Fsp3) is 0.364. The van der Waals surface area contributed by atoms with Crippen LogP contribution in [0.5, 0.6) is 0 Å². The smallest absolute Gasteiger partial charge is 0.338 e. The van der Waals surface area contributed by atoms with Crippen LogP contribution in [0.3, 0.4) is 0 Å². The average Bonchev–Trinajstić information content (AvgIpc) is 2.20. The number of hydrogen-bond donors (Lipinski definition) is 1. The van der Waals surface area contributed by atoms with Crippen molar-refractivity contribution in [3.63, 3.8) is 0 Å². The second kappa shape index (κ2) is 5.12. The maximum absolute atomic E-state index is 11.4. The largest absolute Gasteiger partial charge is 0.465 e. The lowest BCUT2D eigenvalue weighted by atomic mass is 10.0. The zero-order valence-corrected chi connectivity index (χ0v) is 10.3. The molecule has 0 aromatic heterocycles. The predicted octanol–water partition coefficient (Wildman–Crippen LogP) is 1.20. The molecule has 0 atom stereocenters. The molecule has 1 rings (SSSR count). The van der Waals surface area contributed by atoms with Gasteiger partial charge < -0.3 is 4.74 Å². The van der Waals surface area contributed by atoms with E-state index in [0.29, 0.717) is 11.1 Å². The number of rotatable bonds is 3. The van der Waals surface area contributed by atoms with E-state index in [-0.39, 0.29) is 5.75 Å². The molecule has 0 aliphatic heterocycles. The number of ether oxygens (including phenoxy) is 1. The summed E-state index contributed by atoms with van der Waals surface area (Å²) in [5.41, 5.74) is 2.71. The standard InChI is InChI=1S/C11H14O4S/c1-7-4-8(2)10(11(12)15-3)5-9(7)6-16(13)14/h4-5,16H,6H2,1-3H3. The quantitative estimate of drug-likeness (QED) is 0.639. The summed E-state index contributed by atoms with van der Waals surface area (Å²) in [5.74, 6) is -0.495. The van der Waals surface area contributed by atoms with E-state index in [1.165, 1.54) is 7.11 Å². The van der Waals surface area contributed by atoms with Gasteiger partial charge in [0, 0.05) is 0 Å². The number of hydrogen-bond acceptors (Lipinski definition) is 4. The Morgan fingerprint density at radius 3 is 2.38 bits per heavy atom. The minimum Gasteiger partial charge on any atom is -0.465 e. The lowest BCUT2D eigenvalue weighted by molar-refractivity contribution is 0.0600. The van der Waals surface area contributed by atoms with Gasteiger partial charge in [-0.25, -0.2) is 13.2 Å². The molecule has 4 nitrogen and oxygen atoms in total. The van der Waals surface area contributed by atoms with Crippen LogP contribution in [0.1, 0.15) is 27.0 Å². The fourth-order valence-corrected chi connectivity index (χ4v) is 2.16. The van der Waals surface area contributed by atoms with Crippen molar-refractivity contribution in [1.29, 1.82) is 0 Å². The third kappa shape index (κ3) is 2.82. The molecule has 0 fully saturated rings. The molecule has 0 spiro atoms. The van der Waals surface area contributed by atoms with Crippen molar-refractivity contribution in [2.45, 2.75) is 19.6 Å². The first-order valence-electron chi connectivity index (χ1n) is 4.76. The Morgan fingerprint density at radius 1 is 1.25 bits per heavy atom. The van der Waals surface area contributed by atoms with Crippen molar-refractivity contribution >= 4 is 16.7 Å². The second-order valence-corrected chi connectivity index (χ2v) is 4.56. The van der Waals surface area contributed by atoms with Crippen LogP contribution in [0.4, 0.5) is 0 Å². The summed E-state index contributed by atoms with van der Waals surface area (Å²) in [7, 11) is -1.19. The molecule has 0 N–H and O–H groups in total. The molecule has 88 valence electrons. The number of aryl methyl sites for hydroxylation is 2. The van der Waals surface area contributed by atoms with Gasteiger partial charge in [-0.3, -0.25) is 0 Å². The monoisotopic (exact) mass is 242 g/mol. The van der Waals surface area contributed by atoms with Gasteiger partial charge in [-0.05, 0) is 36.6 Å². The summed E-state index contributed by atoms with van der Waals surface area (Å²) in [6, 6.07) is 3.38. The van der Waals surface area contributed by atoms with E-state index >= 15 is 0 Å². The molecule has 16 heavy (non-hydrogen) atoms. The van der Waals surface area contributed by atoms with Crippen LogP contribution in [-0.2, 0) is 21.2 Å². The van der Waals surface area contributed by atoms with Crippen LogP contribution >= 0.6 is 0 Å². The van der Waals surface area contributed by atoms with Gasteiger partial charge in [0.1, 0.15) is 10.7 Å². The Kier molecular flexibility index (Phi) is 4.06. The highest BCUT2D eigenvalue weighted by Gasteiger charge is 2.12.